The van der Waals surface area contributed by atoms with E-state index < -0.39 is 26.6 Å². The fourth-order valence-corrected chi connectivity index (χ4v) is 6.28. The standard InChI is InChI=1S/C21H23FN4O3S/c1-21-16-10-13(11-18(27)17-9-8-15(22)12-24-17)6-7-14(16)4-3-5-19(21)30(28,29)26(2)20(23)25-21/h6-10,12,19H,3-5,11H2,1-2H3,(H2,23,25)/t19-,21-/m1/s1. The molecular weight excluding hydrogens is 407 g/mol. The average molecular weight is 431 g/mol. The van der Waals surface area contributed by atoms with Crippen LogP contribution in [-0.4, -0.2) is 41.7 Å². The smallest absolute Gasteiger partial charge is 0.242 e. The molecule has 2 aromatic rings. The van der Waals surface area contributed by atoms with E-state index in [1.807, 2.05) is 18.2 Å². The lowest BCUT2D eigenvalue weighted by molar-refractivity contribution is 0.0988. The summed E-state index contributed by atoms with van der Waals surface area (Å²) in [6.07, 6.45) is 3.00. The highest BCUT2D eigenvalue weighted by atomic mass is 32.2. The van der Waals surface area contributed by atoms with Crippen LogP contribution in [0.4, 0.5) is 4.39 Å². The van der Waals surface area contributed by atoms with Gasteiger partial charge in [0, 0.05) is 13.5 Å². The zero-order valence-electron chi connectivity index (χ0n) is 16.8. The Kier molecular flexibility index (Phi) is 4.88. The molecule has 1 aliphatic heterocycles. The minimum Gasteiger partial charge on any atom is -0.369 e. The average Bonchev–Trinajstić information content (AvgIpc) is 2.84. The fraction of sp³-hybridized carbons (Fsp3) is 0.381. The second-order valence-electron chi connectivity index (χ2n) is 7.96. The molecule has 9 heteroatoms. The summed E-state index contributed by atoms with van der Waals surface area (Å²) in [5.41, 5.74) is 7.62. The van der Waals surface area contributed by atoms with E-state index in [0.717, 1.165) is 33.6 Å². The van der Waals surface area contributed by atoms with Crippen molar-refractivity contribution >= 4 is 21.8 Å². The summed E-state index contributed by atoms with van der Waals surface area (Å²) in [6.45, 7) is 1.80. The first-order valence-electron chi connectivity index (χ1n) is 9.73. The normalized spacial score (nSPS) is 25.0. The maximum atomic E-state index is 13.1. The number of fused-ring (bicyclic) bond motifs is 3. The van der Waals surface area contributed by atoms with Crippen molar-refractivity contribution in [3.05, 3.63) is 64.7 Å². The third-order valence-electron chi connectivity index (χ3n) is 6.05. The Morgan fingerprint density at radius 1 is 1.33 bits per heavy atom. The van der Waals surface area contributed by atoms with E-state index in [0.29, 0.717) is 12.8 Å². The van der Waals surface area contributed by atoms with Crippen molar-refractivity contribution in [2.24, 2.45) is 10.7 Å². The fourth-order valence-electron chi connectivity index (χ4n) is 4.37. The lowest BCUT2D eigenvalue weighted by Gasteiger charge is -2.41. The predicted octanol–water partition coefficient (Wildman–Crippen LogP) is 2.16. The van der Waals surface area contributed by atoms with Crippen molar-refractivity contribution in [1.29, 1.82) is 0 Å². The summed E-state index contributed by atoms with van der Waals surface area (Å²) in [5, 5.41) is -0.728. The quantitative estimate of drug-likeness (QED) is 0.751. The van der Waals surface area contributed by atoms with Crippen LogP contribution in [0.15, 0.2) is 41.5 Å². The van der Waals surface area contributed by atoms with Gasteiger partial charge in [-0.05, 0) is 55.0 Å². The minimum atomic E-state index is -3.65. The molecule has 4 rings (SSSR count). The number of sulfonamides is 1. The predicted molar refractivity (Wildman–Crippen MR) is 111 cm³/mol. The lowest BCUT2D eigenvalue weighted by atomic mass is 9.84. The van der Waals surface area contributed by atoms with Gasteiger partial charge in [-0.2, -0.15) is 0 Å². The highest BCUT2D eigenvalue weighted by molar-refractivity contribution is 7.90. The van der Waals surface area contributed by atoms with Gasteiger partial charge in [0.2, 0.25) is 16.0 Å². The molecule has 2 N–H and O–H groups in total. The molecule has 7 nitrogen and oxygen atoms in total. The molecular formula is C21H23FN4O3S. The van der Waals surface area contributed by atoms with Crippen LogP contribution in [0.5, 0.6) is 0 Å². The number of hydrogen-bond donors (Lipinski definition) is 1. The first kappa shape index (κ1) is 20.5. The molecule has 1 aliphatic carbocycles. The topological polar surface area (TPSA) is 106 Å². The lowest BCUT2D eigenvalue weighted by Crippen LogP contribution is -2.56. The zero-order chi connectivity index (χ0) is 21.7. The molecule has 0 bridgehead atoms. The van der Waals surface area contributed by atoms with E-state index in [4.69, 9.17) is 5.73 Å². The number of aliphatic imine (C=N–C) groups is 1. The summed E-state index contributed by atoms with van der Waals surface area (Å²) in [5.74, 6) is -0.794. The molecule has 0 radical (unpaired) electrons. The zero-order valence-corrected chi connectivity index (χ0v) is 17.6. The molecule has 158 valence electrons. The number of ketones is 1. The molecule has 1 aromatic carbocycles. The Bertz CT molecular complexity index is 1150. The number of nitrogens with zero attached hydrogens (tertiary/aromatic N) is 3. The number of carbonyl (C=O) groups excluding carboxylic acids is 1. The molecule has 2 aliphatic rings. The highest BCUT2D eigenvalue weighted by Gasteiger charge is 2.51. The number of nitrogens with two attached hydrogens (primary N) is 1. The van der Waals surface area contributed by atoms with Crippen molar-refractivity contribution in [2.75, 3.05) is 7.05 Å². The second-order valence-corrected chi connectivity index (χ2v) is 10.1. The Morgan fingerprint density at radius 2 is 2.10 bits per heavy atom. The number of Topliss-reactive ketones (excluding diaryl/α,β-unsaturated/α-hetero) is 1. The van der Waals surface area contributed by atoms with Gasteiger partial charge in [0.15, 0.2) is 5.78 Å². The van der Waals surface area contributed by atoms with Crippen LogP contribution >= 0.6 is 0 Å². The number of aromatic nitrogens is 1. The first-order valence-corrected chi connectivity index (χ1v) is 11.2. The maximum absolute atomic E-state index is 13.1. The van der Waals surface area contributed by atoms with Crippen molar-refractivity contribution in [2.45, 2.75) is 43.4 Å². The first-order chi connectivity index (χ1) is 14.1. The molecule has 0 saturated carbocycles. The number of carbonyl (C=O) groups is 1. The molecule has 0 saturated heterocycles. The summed E-state index contributed by atoms with van der Waals surface area (Å²) in [7, 11) is -2.23. The molecule has 1 aromatic heterocycles. The Morgan fingerprint density at radius 3 is 2.80 bits per heavy atom. The SMILES string of the molecule is CN1C(N)=N[C@]2(C)c3cc(CC(=O)c4ccc(F)cn4)ccc3CCC[C@H]2S1(=O)=O. The van der Waals surface area contributed by atoms with Crippen LogP contribution in [0.3, 0.4) is 0 Å². The summed E-state index contributed by atoms with van der Waals surface area (Å²) < 4.78 is 40.3. The third kappa shape index (κ3) is 3.27. The van der Waals surface area contributed by atoms with Crippen molar-refractivity contribution in [3.63, 3.8) is 0 Å². The van der Waals surface area contributed by atoms with Gasteiger partial charge in [-0.25, -0.2) is 22.1 Å². The van der Waals surface area contributed by atoms with Gasteiger partial charge in [-0.1, -0.05) is 18.2 Å². The molecule has 2 heterocycles. The van der Waals surface area contributed by atoms with Gasteiger partial charge < -0.3 is 5.73 Å². The van der Waals surface area contributed by atoms with E-state index in [9.17, 15) is 17.6 Å². The van der Waals surface area contributed by atoms with E-state index in [2.05, 4.69) is 9.98 Å². The molecule has 0 unspecified atom stereocenters. The summed E-state index contributed by atoms with van der Waals surface area (Å²) in [6, 6.07) is 8.20. The number of benzene rings is 1. The monoisotopic (exact) mass is 430 g/mol. The Labute approximate surface area is 174 Å². The molecule has 30 heavy (non-hydrogen) atoms. The van der Waals surface area contributed by atoms with Crippen molar-refractivity contribution in [1.82, 2.24) is 9.29 Å². The molecule has 0 fully saturated rings. The number of rotatable bonds is 3. The molecule has 0 amide bonds. The van der Waals surface area contributed by atoms with Gasteiger partial charge in [0.1, 0.15) is 22.3 Å². The van der Waals surface area contributed by atoms with Gasteiger partial charge in [-0.15, -0.1) is 0 Å². The van der Waals surface area contributed by atoms with Crippen molar-refractivity contribution < 1.29 is 17.6 Å². The van der Waals surface area contributed by atoms with Crippen LogP contribution in [0.25, 0.3) is 0 Å². The number of hydrogen-bond acceptors (Lipinski definition) is 6. The van der Waals surface area contributed by atoms with E-state index in [1.54, 1.807) is 6.92 Å². The maximum Gasteiger partial charge on any atom is 0.242 e. The number of pyridine rings is 1. The van der Waals surface area contributed by atoms with E-state index >= 15 is 0 Å². The largest absolute Gasteiger partial charge is 0.369 e. The molecule has 0 spiro atoms. The third-order valence-corrected chi connectivity index (χ3v) is 8.41. The van der Waals surface area contributed by atoms with Crippen LogP contribution in [0, 0.1) is 5.82 Å². The number of halogens is 1. The second kappa shape index (κ2) is 7.16. The minimum absolute atomic E-state index is 0.0430. The molecule has 2 atom stereocenters. The van der Waals surface area contributed by atoms with Gasteiger partial charge in [0.25, 0.3) is 0 Å². The highest BCUT2D eigenvalue weighted by Crippen LogP contribution is 2.44. The van der Waals surface area contributed by atoms with Gasteiger partial charge >= 0.3 is 0 Å². The summed E-state index contributed by atoms with van der Waals surface area (Å²) in [4.78, 5) is 21.0. The Balaban J connectivity index is 1.76. The van der Waals surface area contributed by atoms with Gasteiger partial charge in [-0.3, -0.25) is 9.78 Å². The summed E-state index contributed by atoms with van der Waals surface area (Å²) >= 11 is 0. The van der Waals surface area contributed by atoms with Crippen LogP contribution in [-0.2, 0) is 28.4 Å². The van der Waals surface area contributed by atoms with Crippen molar-refractivity contribution in [3.8, 4) is 0 Å². The van der Waals surface area contributed by atoms with E-state index in [1.165, 1.54) is 19.2 Å². The Hall–Kier alpha value is -2.81. The number of guanidine groups is 1. The van der Waals surface area contributed by atoms with Crippen LogP contribution in [0.1, 0.15) is 46.9 Å². The van der Waals surface area contributed by atoms with Gasteiger partial charge in [0.05, 0.1) is 6.20 Å². The van der Waals surface area contributed by atoms with E-state index in [-0.39, 0.29) is 23.9 Å². The van der Waals surface area contributed by atoms with Crippen LogP contribution in [0.2, 0.25) is 0 Å². The number of aryl methyl sites for hydroxylation is 1. The van der Waals surface area contributed by atoms with Crippen LogP contribution < -0.4 is 5.73 Å².